The first-order chi connectivity index (χ1) is 8.13. The zero-order valence-corrected chi connectivity index (χ0v) is 10.8. The van der Waals surface area contributed by atoms with E-state index >= 15 is 0 Å². The Morgan fingerprint density at radius 3 is 2.71 bits per heavy atom. The van der Waals surface area contributed by atoms with Crippen molar-refractivity contribution >= 4 is 34.0 Å². The van der Waals surface area contributed by atoms with Gasteiger partial charge in [-0.05, 0) is 12.1 Å². The van der Waals surface area contributed by atoms with Crippen molar-refractivity contribution in [2.45, 2.75) is 6.42 Å². The van der Waals surface area contributed by atoms with Crippen molar-refractivity contribution in [3.8, 4) is 0 Å². The molecule has 4 nitrogen and oxygen atoms in total. The standard InChI is InChI=1S/C11H14ClNO3S/c12-9-3-1-2-4-10(9)13-11(15)5-7-17(16)8-6-14/h1-4,14H,5-8H2,(H,13,15). The summed E-state index contributed by atoms with van der Waals surface area (Å²) in [6.07, 6.45) is 0.151. The molecule has 17 heavy (non-hydrogen) atoms. The number of aliphatic hydroxyl groups excluding tert-OH is 1. The van der Waals surface area contributed by atoms with Crippen molar-refractivity contribution in [3.05, 3.63) is 29.3 Å². The molecule has 0 saturated heterocycles. The SMILES string of the molecule is O=C(CCS(=O)CCO)Nc1ccccc1Cl. The lowest BCUT2D eigenvalue weighted by molar-refractivity contribution is -0.115. The van der Waals surface area contributed by atoms with Crippen molar-refractivity contribution in [3.63, 3.8) is 0 Å². The third-order valence-electron chi connectivity index (χ3n) is 2.02. The summed E-state index contributed by atoms with van der Waals surface area (Å²) in [5.41, 5.74) is 0.548. The van der Waals surface area contributed by atoms with Crippen LogP contribution in [0.5, 0.6) is 0 Å². The first-order valence-electron chi connectivity index (χ1n) is 5.13. The molecular formula is C11H14ClNO3S. The summed E-state index contributed by atoms with van der Waals surface area (Å²) in [6, 6.07) is 6.92. The summed E-state index contributed by atoms with van der Waals surface area (Å²) >= 11 is 5.87. The second kappa shape index (κ2) is 7.42. The normalized spacial score (nSPS) is 12.1. The molecule has 0 bridgehead atoms. The molecule has 2 N–H and O–H groups in total. The molecular weight excluding hydrogens is 262 g/mol. The number of hydrogen-bond donors (Lipinski definition) is 2. The Hall–Kier alpha value is -0.910. The minimum absolute atomic E-state index is 0.126. The van der Waals surface area contributed by atoms with Gasteiger partial charge in [0, 0.05) is 28.7 Å². The first-order valence-corrected chi connectivity index (χ1v) is 7.00. The number of benzene rings is 1. The van der Waals surface area contributed by atoms with Gasteiger partial charge in [-0.25, -0.2) is 0 Å². The van der Waals surface area contributed by atoms with Crippen LogP contribution in [0, 0.1) is 0 Å². The van der Waals surface area contributed by atoms with Gasteiger partial charge in [0.25, 0.3) is 0 Å². The van der Waals surface area contributed by atoms with E-state index in [4.69, 9.17) is 16.7 Å². The lowest BCUT2D eigenvalue weighted by atomic mass is 10.3. The van der Waals surface area contributed by atoms with Crippen molar-refractivity contribution in [2.24, 2.45) is 0 Å². The van der Waals surface area contributed by atoms with Crippen LogP contribution in [-0.2, 0) is 15.6 Å². The maximum atomic E-state index is 11.5. The maximum Gasteiger partial charge on any atom is 0.225 e. The van der Waals surface area contributed by atoms with Crippen LogP contribution in [0.2, 0.25) is 5.02 Å². The molecule has 1 aromatic rings. The fraction of sp³-hybridized carbons (Fsp3) is 0.364. The Morgan fingerprint density at radius 1 is 1.35 bits per heavy atom. The number of aliphatic hydroxyl groups is 1. The van der Waals surface area contributed by atoms with Gasteiger partial charge in [0.2, 0.25) is 5.91 Å². The molecule has 1 atom stereocenters. The van der Waals surface area contributed by atoms with Crippen LogP contribution in [0.15, 0.2) is 24.3 Å². The molecule has 0 aromatic heterocycles. The van der Waals surface area contributed by atoms with E-state index in [-0.39, 0.29) is 30.4 Å². The van der Waals surface area contributed by atoms with Crippen LogP contribution < -0.4 is 5.32 Å². The Bertz CT molecular complexity index is 411. The molecule has 0 radical (unpaired) electrons. The molecule has 0 aliphatic heterocycles. The maximum absolute atomic E-state index is 11.5. The van der Waals surface area contributed by atoms with E-state index in [0.717, 1.165) is 0 Å². The topological polar surface area (TPSA) is 66.4 Å². The number of para-hydroxylation sites is 1. The minimum atomic E-state index is -1.15. The zero-order chi connectivity index (χ0) is 12.7. The van der Waals surface area contributed by atoms with E-state index in [0.29, 0.717) is 10.7 Å². The van der Waals surface area contributed by atoms with Gasteiger partial charge < -0.3 is 10.4 Å². The number of amides is 1. The lowest BCUT2D eigenvalue weighted by Gasteiger charge is -2.06. The molecule has 6 heteroatoms. The highest BCUT2D eigenvalue weighted by Crippen LogP contribution is 2.20. The summed E-state index contributed by atoms with van der Waals surface area (Å²) < 4.78 is 11.2. The van der Waals surface area contributed by atoms with Gasteiger partial charge in [0.1, 0.15) is 0 Å². The number of carbonyl (C=O) groups is 1. The third-order valence-corrected chi connectivity index (χ3v) is 3.65. The van der Waals surface area contributed by atoms with E-state index < -0.39 is 10.8 Å². The fourth-order valence-corrected chi connectivity index (χ4v) is 2.19. The Morgan fingerprint density at radius 2 is 2.06 bits per heavy atom. The van der Waals surface area contributed by atoms with Gasteiger partial charge in [0.15, 0.2) is 0 Å². The molecule has 0 aliphatic rings. The van der Waals surface area contributed by atoms with Crippen molar-refractivity contribution in [1.29, 1.82) is 0 Å². The molecule has 0 fully saturated rings. The minimum Gasteiger partial charge on any atom is -0.395 e. The van der Waals surface area contributed by atoms with Crippen molar-refractivity contribution < 1.29 is 14.1 Å². The molecule has 1 rings (SSSR count). The van der Waals surface area contributed by atoms with Gasteiger partial charge in [0.05, 0.1) is 17.3 Å². The molecule has 94 valence electrons. The molecule has 1 unspecified atom stereocenters. The predicted molar refractivity (Wildman–Crippen MR) is 69.7 cm³/mol. The third kappa shape index (κ3) is 5.30. The highest BCUT2D eigenvalue weighted by Gasteiger charge is 2.07. The van der Waals surface area contributed by atoms with Crippen molar-refractivity contribution in [1.82, 2.24) is 0 Å². The van der Waals surface area contributed by atoms with E-state index in [1.54, 1.807) is 24.3 Å². The smallest absolute Gasteiger partial charge is 0.225 e. The van der Waals surface area contributed by atoms with Crippen molar-refractivity contribution in [2.75, 3.05) is 23.4 Å². The Labute approximate surface area is 107 Å². The summed E-state index contributed by atoms with van der Waals surface area (Å²) in [4.78, 5) is 11.5. The molecule has 0 spiro atoms. The fourth-order valence-electron chi connectivity index (χ4n) is 1.19. The quantitative estimate of drug-likeness (QED) is 0.825. The average Bonchev–Trinajstić information content (AvgIpc) is 2.30. The summed E-state index contributed by atoms with van der Waals surface area (Å²) in [6.45, 7) is -0.126. The monoisotopic (exact) mass is 275 g/mol. The second-order valence-corrected chi connectivity index (χ2v) is 5.45. The van der Waals surface area contributed by atoms with Crippen LogP contribution in [-0.4, -0.2) is 33.3 Å². The van der Waals surface area contributed by atoms with E-state index in [1.165, 1.54) is 0 Å². The number of rotatable bonds is 6. The molecule has 1 amide bonds. The lowest BCUT2D eigenvalue weighted by Crippen LogP contribution is -2.16. The van der Waals surface area contributed by atoms with Gasteiger partial charge in [-0.3, -0.25) is 9.00 Å². The molecule has 0 heterocycles. The van der Waals surface area contributed by atoms with Crippen LogP contribution in [0.25, 0.3) is 0 Å². The number of carbonyl (C=O) groups excluding carboxylic acids is 1. The van der Waals surface area contributed by atoms with Gasteiger partial charge in [-0.1, -0.05) is 23.7 Å². The largest absolute Gasteiger partial charge is 0.395 e. The van der Waals surface area contributed by atoms with Crippen LogP contribution in [0.1, 0.15) is 6.42 Å². The number of halogens is 1. The predicted octanol–water partition coefficient (Wildman–Crippen LogP) is 1.41. The van der Waals surface area contributed by atoms with Gasteiger partial charge in [-0.2, -0.15) is 0 Å². The zero-order valence-electron chi connectivity index (χ0n) is 9.19. The van der Waals surface area contributed by atoms with E-state index in [2.05, 4.69) is 5.32 Å². The summed E-state index contributed by atoms with van der Waals surface area (Å²) in [7, 11) is -1.15. The van der Waals surface area contributed by atoms with Gasteiger partial charge >= 0.3 is 0 Å². The van der Waals surface area contributed by atoms with Crippen LogP contribution in [0.4, 0.5) is 5.69 Å². The summed E-state index contributed by atoms with van der Waals surface area (Å²) in [5.74, 6) is 0.223. The average molecular weight is 276 g/mol. The highest BCUT2D eigenvalue weighted by molar-refractivity contribution is 7.85. The Kier molecular flexibility index (Phi) is 6.18. The Balaban J connectivity index is 2.40. The van der Waals surface area contributed by atoms with E-state index in [9.17, 15) is 9.00 Å². The highest BCUT2D eigenvalue weighted by atomic mass is 35.5. The first kappa shape index (κ1) is 14.2. The molecule has 1 aromatic carbocycles. The van der Waals surface area contributed by atoms with E-state index in [1.807, 2.05) is 0 Å². The number of hydrogen-bond acceptors (Lipinski definition) is 3. The van der Waals surface area contributed by atoms with Gasteiger partial charge in [-0.15, -0.1) is 0 Å². The number of nitrogens with one attached hydrogen (secondary N) is 1. The molecule has 0 aliphatic carbocycles. The second-order valence-electron chi connectivity index (χ2n) is 3.35. The molecule has 0 saturated carbocycles. The van der Waals surface area contributed by atoms with Crippen LogP contribution >= 0.6 is 11.6 Å². The van der Waals surface area contributed by atoms with Crippen LogP contribution in [0.3, 0.4) is 0 Å². The number of anilines is 1. The summed E-state index contributed by atoms with van der Waals surface area (Å²) in [5, 5.41) is 11.7.